The quantitative estimate of drug-likeness (QED) is 0.187. The molecule has 0 N–H and O–H groups in total. The third-order valence-corrected chi connectivity index (χ3v) is 8.12. The van der Waals surface area contributed by atoms with E-state index in [-0.39, 0.29) is 12.7 Å². The molecule has 0 bridgehead atoms. The van der Waals surface area contributed by atoms with Crippen molar-refractivity contribution in [2.45, 2.75) is 44.6 Å². The number of likely N-dealkylation sites (tertiary alicyclic amines) is 1. The van der Waals surface area contributed by atoms with Crippen LogP contribution in [0.5, 0.6) is 5.75 Å². The van der Waals surface area contributed by atoms with E-state index in [4.69, 9.17) is 44.9 Å². The first kappa shape index (κ1) is 23.5. The molecule has 0 radical (unpaired) electrons. The summed E-state index contributed by atoms with van der Waals surface area (Å²) >= 11 is 18.6. The monoisotopic (exact) mass is 485 g/mol. The number of rotatable bonds is 10. The molecule has 0 amide bonds. The average Bonchev–Trinajstić information content (AvgIpc) is 3.31. The summed E-state index contributed by atoms with van der Waals surface area (Å²) in [6.07, 6.45) is 4.49. The zero-order valence-corrected chi connectivity index (χ0v) is 21.1. The molecule has 1 aliphatic heterocycles. The molecule has 1 atom stereocenters. The Labute approximate surface area is 195 Å². The van der Waals surface area contributed by atoms with Crippen LogP contribution in [0.4, 0.5) is 0 Å². The standard InChI is InChI=1S/C21H29Cl2N3O2SSi/c1-30(2,3)12-11-27-15-28-18-6-5-17(22)21(23)20(18)16-13-19(29)25(14-16)9-10-26-8-4-7-24-26/h4-8,16H,9-15H2,1-3H3. The van der Waals surface area contributed by atoms with Gasteiger partial charge in [0.1, 0.15) is 5.75 Å². The van der Waals surface area contributed by atoms with Crippen molar-refractivity contribution in [2.75, 3.05) is 26.5 Å². The minimum absolute atomic E-state index is 0.137. The minimum Gasteiger partial charge on any atom is -0.467 e. The molecular formula is C21H29Cl2N3O2SSi. The maximum atomic E-state index is 6.61. The highest BCUT2D eigenvalue weighted by Crippen LogP contribution is 2.42. The molecule has 2 heterocycles. The number of thiocarbonyl (C=S) groups is 1. The van der Waals surface area contributed by atoms with E-state index in [0.717, 1.165) is 48.4 Å². The zero-order chi connectivity index (χ0) is 21.7. The van der Waals surface area contributed by atoms with Gasteiger partial charge in [-0.25, -0.2) is 0 Å². The fourth-order valence-corrected chi connectivity index (χ4v) is 5.03. The van der Waals surface area contributed by atoms with E-state index >= 15 is 0 Å². The summed E-state index contributed by atoms with van der Waals surface area (Å²) in [5.74, 6) is 0.859. The van der Waals surface area contributed by atoms with Gasteiger partial charge in [-0.1, -0.05) is 55.1 Å². The lowest BCUT2D eigenvalue weighted by atomic mass is 9.97. The summed E-state index contributed by atoms with van der Waals surface area (Å²) in [6, 6.07) is 6.67. The lowest BCUT2D eigenvalue weighted by Crippen LogP contribution is -2.28. The van der Waals surface area contributed by atoms with E-state index in [1.807, 2.05) is 23.0 Å². The van der Waals surface area contributed by atoms with Crippen LogP contribution in [0.25, 0.3) is 0 Å². The van der Waals surface area contributed by atoms with Crippen LogP contribution >= 0.6 is 35.4 Å². The van der Waals surface area contributed by atoms with E-state index < -0.39 is 8.07 Å². The number of halogens is 2. The number of benzene rings is 1. The lowest BCUT2D eigenvalue weighted by Gasteiger charge is -2.21. The Hall–Kier alpha value is -1.12. The Morgan fingerprint density at radius 1 is 1.23 bits per heavy atom. The van der Waals surface area contributed by atoms with Gasteiger partial charge in [0.25, 0.3) is 0 Å². The molecule has 1 aromatic carbocycles. The molecule has 0 aliphatic carbocycles. The SMILES string of the molecule is C[Si](C)(C)CCOCOc1ccc(Cl)c(Cl)c1C1CC(=S)N(CCn2cccn2)C1. The Morgan fingerprint density at radius 3 is 2.73 bits per heavy atom. The number of aromatic nitrogens is 2. The Balaban J connectivity index is 1.64. The first-order chi connectivity index (χ1) is 14.2. The number of hydrogen-bond acceptors (Lipinski definition) is 4. The first-order valence-corrected chi connectivity index (χ1v) is 15.1. The smallest absolute Gasteiger partial charge is 0.189 e. The van der Waals surface area contributed by atoms with Crippen LogP contribution in [0, 0.1) is 0 Å². The van der Waals surface area contributed by atoms with Crippen molar-refractivity contribution < 1.29 is 9.47 Å². The molecule has 1 fully saturated rings. The van der Waals surface area contributed by atoms with Gasteiger partial charge in [-0.2, -0.15) is 5.10 Å². The normalized spacial score (nSPS) is 17.0. The maximum Gasteiger partial charge on any atom is 0.189 e. The minimum atomic E-state index is -1.12. The van der Waals surface area contributed by atoms with Gasteiger partial charge in [-0.3, -0.25) is 4.68 Å². The topological polar surface area (TPSA) is 39.5 Å². The van der Waals surface area contributed by atoms with Crippen LogP contribution in [0.3, 0.4) is 0 Å². The van der Waals surface area contributed by atoms with E-state index in [9.17, 15) is 0 Å². The molecule has 9 heteroatoms. The highest BCUT2D eigenvalue weighted by Gasteiger charge is 2.32. The Morgan fingerprint density at radius 2 is 2.03 bits per heavy atom. The van der Waals surface area contributed by atoms with Crippen molar-refractivity contribution in [1.82, 2.24) is 14.7 Å². The van der Waals surface area contributed by atoms with Crippen molar-refractivity contribution in [3.05, 3.63) is 46.2 Å². The molecule has 0 spiro atoms. The lowest BCUT2D eigenvalue weighted by molar-refractivity contribution is 0.0213. The second-order valence-corrected chi connectivity index (χ2v) is 15.6. The second-order valence-electron chi connectivity index (χ2n) is 8.76. The van der Waals surface area contributed by atoms with Crippen LogP contribution in [0.15, 0.2) is 30.6 Å². The maximum absolute atomic E-state index is 6.61. The Kier molecular flexibility index (Phi) is 8.21. The molecular weight excluding hydrogens is 457 g/mol. The summed E-state index contributed by atoms with van der Waals surface area (Å²) in [5, 5.41) is 5.33. The zero-order valence-electron chi connectivity index (χ0n) is 17.7. The van der Waals surface area contributed by atoms with Crippen LogP contribution in [0.1, 0.15) is 17.9 Å². The second kappa shape index (κ2) is 10.5. The van der Waals surface area contributed by atoms with Crippen molar-refractivity contribution in [3.8, 4) is 5.75 Å². The van der Waals surface area contributed by atoms with E-state index in [2.05, 4.69) is 29.6 Å². The van der Waals surface area contributed by atoms with Gasteiger partial charge < -0.3 is 14.4 Å². The fourth-order valence-electron chi connectivity index (χ4n) is 3.43. The predicted octanol–water partition coefficient (Wildman–Crippen LogP) is 5.70. The van der Waals surface area contributed by atoms with Gasteiger partial charge in [-0.05, 0) is 24.2 Å². The summed E-state index contributed by atoms with van der Waals surface area (Å²) in [4.78, 5) is 3.15. The predicted molar refractivity (Wildman–Crippen MR) is 130 cm³/mol. The van der Waals surface area contributed by atoms with Crippen LogP contribution in [-0.4, -0.2) is 54.2 Å². The average molecular weight is 487 g/mol. The summed E-state index contributed by atoms with van der Waals surface area (Å²) in [7, 11) is -1.12. The number of hydrogen-bond donors (Lipinski definition) is 0. The number of nitrogens with zero attached hydrogens (tertiary/aromatic N) is 3. The molecule has 1 aromatic heterocycles. The van der Waals surface area contributed by atoms with E-state index in [0.29, 0.717) is 16.7 Å². The Bertz CT molecular complexity index is 859. The molecule has 2 aromatic rings. The van der Waals surface area contributed by atoms with Gasteiger partial charge in [0.05, 0.1) is 21.6 Å². The van der Waals surface area contributed by atoms with Gasteiger partial charge >= 0.3 is 0 Å². The highest BCUT2D eigenvalue weighted by molar-refractivity contribution is 7.80. The van der Waals surface area contributed by atoms with Gasteiger partial charge in [-0.15, -0.1) is 0 Å². The summed E-state index contributed by atoms with van der Waals surface area (Å²) in [5.41, 5.74) is 0.918. The molecule has 1 unspecified atom stereocenters. The van der Waals surface area contributed by atoms with Crippen molar-refractivity contribution in [1.29, 1.82) is 0 Å². The third kappa shape index (κ3) is 6.44. The molecule has 1 saturated heterocycles. The van der Waals surface area contributed by atoms with Gasteiger partial charge in [0.2, 0.25) is 0 Å². The molecule has 1 aliphatic rings. The van der Waals surface area contributed by atoms with E-state index in [1.54, 1.807) is 12.3 Å². The van der Waals surface area contributed by atoms with Gasteiger partial charge in [0, 0.05) is 58.1 Å². The first-order valence-electron chi connectivity index (χ1n) is 10.2. The van der Waals surface area contributed by atoms with Crippen LogP contribution < -0.4 is 4.74 Å². The molecule has 30 heavy (non-hydrogen) atoms. The van der Waals surface area contributed by atoms with Crippen molar-refractivity contribution in [2.24, 2.45) is 0 Å². The molecule has 0 saturated carbocycles. The van der Waals surface area contributed by atoms with Gasteiger partial charge in [0.15, 0.2) is 6.79 Å². The highest BCUT2D eigenvalue weighted by atomic mass is 35.5. The summed E-state index contributed by atoms with van der Waals surface area (Å²) < 4.78 is 13.6. The summed E-state index contributed by atoms with van der Waals surface area (Å²) in [6.45, 7) is 10.3. The van der Waals surface area contributed by atoms with E-state index in [1.165, 1.54) is 0 Å². The van der Waals surface area contributed by atoms with Crippen LogP contribution in [0.2, 0.25) is 35.7 Å². The third-order valence-electron chi connectivity index (χ3n) is 5.17. The number of ether oxygens (including phenoxy) is 2. The molecule has 5 nitrogen and oxygen atoms in total. The van der Waals surface area contributed by atoms with Crippen molar-refractivity contribution >= 4 is 48.5 Å². The molecule has 164 valence electrons. The fraction of sp³-hybridized carbons (Fsp3) is 0.524. The molecule has 3 rings (SSSR count). The van der Waals surface area contributed by atoms with Crippen molar-refractivity contribution in [3.63, 3.8) is 0 Å². The largest absolute Gasteiger partial charge is 0.467 e. The van der Waals surface area contributed by atoms with Crippen LogP contribution in [-0.2, 0) is 11.3 Å².